The minimum Gasteiger partial charge on any atom is -0.492 e. The molecule has 30 heavy (non-hydrogen) atoms. The van der Waals surface area contributed by atoms with Gasteiger partial charge in [0.05, 0.1) is 11.4 Å². The van der Waals surface area contributed by atoms with Gasteiger partial charge in [0, 0.05) is 18.2 Å². The van der Waals surface area contributed by atoms with Gasteiger partial charge in [0.1, 0.15) is 12.4 Å². The van der Waals surface area contributed by atoms with Crippen LogP contribution in [0.4, 0.5) is 0 Å². The molecule has 1 aliphatic heterocycles. The van der Waals surface area contributed by atoms with Crippen LogP contribution in [0.2, 0.25) is 0 Å². The molecular formula is C23H30N2O4S. The predicted octanol–water partition coefficient (Wildman–Crippen LogP) is 3.68. The summed E-state index contributed by atoms with van der Waals surface area (Å²) in [5.74, 6) is 0.452. The number of nitrogens with one attached hydrogen (secondary N) is 1. The molecule has 1 saturated heterocycles. The van der Waals surface area contributed by atoms with Crippen molar-refractivity contribution in [3.05, 3.63) is 59.2 Å². The summed E-state index contributed by atoms with van der Waals surface area (Å²) in [6.45, 7) is 6.91. The molecule has 1 fully saturated rings. The standard InChI is InChI=1S/C23H30N2O4S/c1-17-7-6-9-20(15-17)29-14-12-24-23(26)22-16-21(11-10-18(22)2)30(27,28)25-13-5-4-8-19(25)3/h6-7,9-11,15-16,19H,4-5,8,12-14H2,1-3H3,(H,24,26). The van der Waals surface area contributed by atoms with E-state index in [0.29, 0.717) is 25.3 Å². The number of amides is 1. The first kappa shape index (κ1) is 22.3. The topological polar surface area (TPSA) is 75.7 Å². The molecule has 0 aromatic heterocycles. The Kier molecular flexibility index (Phi) is 7.15. The molecular weight excluding hydrogens is 400 g/mol. The number of ether oxygens (including phenoxy) is 1. The van der Waals surface area contributed by atoms with Gasteiger partial charge in [0.15, 0.2) is 0 Å². The van der Waals surface area contributed by atoms with Crippen LogP contribution in [0.5, 0.6) is 5.75 Å². The van der Waals surface area contributed by atoms with E-state index in [9.17, 15) is 13.2 Å². The van der Waals surface area contributed by atoms with Crippen molar-refractivity contribution in [2.24, 2.45) is 0 Å². The molecule has 6 nitrogen and oxygen atoms in total. The fourth-order valence-electron chi connectivity index (χ4n) is 3.70. The minimum absolute atomic E-state index is 0.0268. The fraction of sp³-hybridized carbons (Fsp3) is 0.435. The first-order valence-corrected chi connectivity index (χ1v) is 11.8. The highest BCUT2D eigenvalue weighted by Crippen LogP contribution is 2.26. The first-order chi connectivity index (χ1) is 14.3. The lowest BCUT2D eigenvalue weighted by atomic mass is 10.1. The number of piperidine rings is 1. The second-order valence-electron chi connectivity index (χ2n) is 7.86. The smallest absolute Gasteiger partial charge is 0.251 e. The van der Waals surface area contributed by atoms with Crippen molar-refractivity contribution in [3.8, 4) is 5.75 Å². The molecule has 0 aliphatic carbocycles. The van der Waals surface area contributed by atoms with Crippen molar-refractivity contribution in [2.75, 3.05) is 19.7 Å². The molecule has 0 spiro atoms. The van der Waals surface area contributed by atoms with Crippen LogP contribution in [0, 0.1) is 13.8 Å². The van der Waals surface area contributed by atoms with E-state index in [0.717, 1.165) is 36.1 Å². The predicted molar refractivity (Wildman–Crippen MR) is 117 cm³/mol. The Morgan fingerprint density at radius 2 is 1.97 bits per heavy atom. The zero-order valence-electron chi connectivity index (χ0n) is 17.8. The van der Waals surface area contributed by atoms with Crippen LogP contribution in [0.15, 0.2) is 47.4 Å². The van der Waals surface area contributed by atoms with Crippen LogP contribution in [-0.4, -0.2) is 44.4 Å². The molecule has 3 rings (SSSR count). The van der Waals surface area contributed by atoms with Crippen molar-refractivity contribution < 1.29 is 17.9 Å². The van der Waals surface area contributed by atoms with Gasteiger partial charge in [-0.3, -0.25) is 4.79 Å². The SMILES string of the molecule is Cc1cccc(OCCNC(=O)c2cc(S(=O)(=O)N3CCCCC3C)ccc2C)c1. The normalized spacial score (nSPS) is 17.5. The third kappa shape index (κ3) is 5.21. The van der Waals surface area contributed by atoms with E-state index in [1.807, 2.05) is 38.1 Å². The highest BCUT2D eigenvalue weighted by molar-refractivity contribution is 7.89. The number of hydrogen-bond acceptors (Lipinski definition) is 4. The molecule has 1 N–H and O–H groups in total. The van der Waals surface area contributed by atoms with E-state index in [2.05, 4.69) is 5.32 Å². The molecule has 7 heteroatoms. The number of rotatable bonds is 7. The van der Waals surface area contributed by atoms with Gasteiger partial charge in [0.2, 0.25) is 10.0 Å². The van der Waals surface area contributed by atoms with E-state index >= 15 is 0 Å². The highest BCUT2D eigenvalue weighted by Gasteiger charge is 2.31. The second kappa shape index (κ2) is 9.62. The number of benzene rings is 2. The summed E-state index contributed by atoms with van der Waals surface area (Å²) in [6, 6.07) is 12.5. The Hall–Kier alpha value is -2.38. The molecule has 1 heterocycles. The van der Waals surface area contributed by atoms with Crippen LogP contribution in [-0.2, 0) is 10.0 Å². The van der Waals surface area contributed by atoms with E-state index in [1.54, 1.807) is 23.4 Å². The monoisotopic (exact) mass is 430 g/mol. The summed E-state index contributed by atoms with van der Waals surface area (Å²) < 4.78 is 33.4. The average molecular weight is 431 g/mol. The van der Waals surface area contributed by atoms with Crippen LogP contribution in [0.1, 0.15) is 47.7 Å². The third-order valence-electron chi connectivity index (χ3n) is 5.45. The van der Waals surface area contributed by atoms with E-state index in [-0.39, 0.29) is 16.8 Å². The maximum atomic E-state index is 13.1. The van der Waals surface area contributed by atoms with Gasteiger partial charge in [0.25, 0.3) is 5.91 Å². The molecule has 162 valence electrons. The summed E-state index contributed by atoms with van der Waals surface area (Å²) >= 11 is 0. The van der Waals surface area contributed by atoms with E-state index in [1.165, 1.54) is 6.07 Å². The Morgan fingerprint density at radius 1 is 1.17 bits per heavy atom. The molecule has 0 radical (unpaired) electrons. The van der Waals surface area contributed by atoms with E-state index in [4.69, 9.17) is 4.74 Å². The van der Waals surface area contributed by atoms with Crippen LogP contribution >= 0.6 is 0 Å². The zero-order chi connectivity index (χ0) is 21.7. The lowest BCUT2D eigenvalue weighted by Gasteiger charge is -2.32. The van der Waals surface area contributed by atoms with Crippen LogP contribution in [0.3, 0.4) is 0 Å². The van der Waals surface area contributed by atoms with Crippen molar-refractivity contribution >= 4 is 15.9 Å². The number of hydrogen-bond donors (Lipinski definition) is 1. The van der Waals surface area contributed by atoms with Gasteiger partial charge in [-0.15, -0.1) is 0 Å². The number of carbonyl (C=O) groups excluding carboxylic acids is 1. The molecule has 1 atom stereocenters. The van der Waals surface area contributed by atoms with Gasteiger partial charge in [-0.1, -0.05) is 24.6 Å². The number of carbonyl (C=O) groups is 1. The summed E-state index contributed by atoms with van der Waals surface area (Å²) in [7, 11) is -3.62. The molecule has 0 saturated carbocycles. The van der Waals surface area contributed by atoms with Crippen LogP contribution < -0.4 is 10.1 Å². The third-order valence-corrected chi connectivity index (χ3v) is 7.46. The molecule has 2 aromatic rings. The quantitative estimate of drug-likeness (QED) is 0.680. The number of aryl methyl sites for hydroxylation is 2. The molecule has 2 aromatic carbocycles. The van der Waals surface area contributed by atoms with E-state index < -0.39 is 10.0 Å². The fourth-order valence-corrected chi connectivity index (χ4v) is 5.43. The average Bonchev–Trinajstić information content (AvgIpc) is 2.71. The maximum Gasteiger partial charge on any atom is 0.251 e. The van der Waals surface area contributed by atoms with Gasteiger partial charge in [-0.2, -0.15) is 4.31 Å². The molecule has 1 unspecified atom stereocenters. The van der Waals surface area contributed by atoms with Crippen molar-refractivity contribution in [1.82, 2.24) is 9.62 Å². The van der Waals surface area contributed by atoms with Gasteiger partial charge >= 0.3 is 0 Å². The number of sulfonamides is 1. The summed E-state index contributed by atoms with van der Waals surface area (Å²) in [5.41, 5.74) is 2.21. The lowest BCUT2D eigenvalue weighted by Crippen LogP contribution is -2.42. The largest absolute Gasteiger partial charge is 0.492 e. The molecule has 0 bridgehead atoms. The maximum absolute atomic E-state index is 13.1. The molecule has 1 aliphatic rings. The summed E-state index contributed by atoms with van der Waals surface area (Å²) in [5, 5.41) is 2.82. The summed E-state index contributed by atoms with van der Waals surface area (Å²) in [4.78, 5) is 12.8. The Labute approximate surface area is 179 Å². The van der Waals surface area contributed by atoms with Crippen LogP contribution in [0.25, 0.3) is 0 Å². The molecule has 1 amide bonds. The van der Waals surface area contributed by atoms with Gasteiger partial charge in [-0.05, 0) is 69.0 Å². The summed E-state index contributed by atoms with van der Waals surface area (Å²) in [6.07, 6.45) is 2.77. The van der Waals surface area contributed by atoms with Crippen molar-refractivity contribution in [3.63, 3.8) is 0 Å². The minimum atomic E-state index is -3.62. The lowest BCUT2D eigenvalue weighted by molar-refractivity contribution is 0.0946. The first-order valence-electron chi connectivity index (χ1n) is 10.4. The Bertz CT molecular complexity index is 1000. The Balaban J connectivity index is 1.66. The highest BCUT2D eigenvalue weighted by atomic mass is 32.2. The zero-order valence-corrected chi connectivity index (χ0v) is 18.7. The van der Waals surface area contributed by atoms with Gasteiger partial charge < -0.3 is 10.1 Å². The van der Waals surface area contributed by atoms with Crippen molar-refractivity contribution in [1.29, 1.82) is 0 Å². The van der Waals surface area contributed by atoms with Gasteiger partial charge in [-0.25, -0.2) is 8.42 Å². The number of nitrogens with zero attached hydrogens (tertiary/aromatic N) is 1. The second-order valence-corrected chi connectivity index (χ2v) is 9.75. The van der Waals surface area contributed by atoms with Crippen molar-refractivity contribution in [2.45, 2.75) is 51.0 Å². The Morgan fingerprint density at radius 3 is 2.70 bits per heavy atom.